The molecule has 1 aliphatic heterocycles. The third kappa shape index (κ3) is 3.07. The molecule has 0 atom stereocenters. The van der Waals surface area contributed by atoms with E-state index in [4.69, 9.17) is 9.05 Å². The first-order chi connectivity index (χ1) is 12.6. The maximum absolute atomic E-state index is 12.3. The van der Waals surface area contributed by atoms with Crippen molar-refractivity contribution in [1.82, 2.24) is 30.2 Å². The fraction of sp³-hybridized carbons (Fsp3) is 0.412. The highest BCUT2D eigenvalue weighted by Gasteiger charge is 2.35. The molecule has 3 aromatic rings. The number of carbonyl (C=O) groups is 1. The second kappa shape index (κ2) is 6.66. The van der Waals surface area contributed by atoms with E-state index in [2.05, 4.69) is 25.3 Å². The highest BCUT2D eigenvalue weighted by Crippen LogP contribution is 2.28. The number of amides is 1. The Hall–Kier alpha value is -3.10. The Kier molecular flexibility index (Phi) is 4.19. The van der Waals surface area contributed by atoms with E-state index >= 15 is 0 Å². The van der Waals surface area contributed by atoms with Gasteiger partial charge in [-0.3, -0.25) is 9.78 Å². The van der Waals surface area contributed by atoms with Gasteiger partial charge in [-0.15, -0.1) is 0 Å². The van der Waals surface area contributed by atoms with Gasteiger partial charge in [-0.05, 0) is 20.3 Å². The summed E-state index contributed by atoms with van der Waals surface area (Å²) in [6.45, 7) is 4.93. The van der Waals surface area contributed by atoms with E-state index in [-0.39, 0.29) is 11.8 Å². The van der Waals surface area contributed by atoms with Crippen molar-refractivity contribution in [3.8, 4) is 11.5 Å². The molecule has 0 aromatic carbocycles. The van der Waals surface area contributed by atoms with Gasteiger partial charge in [-0.25, -0.2) is 4.98 Å². The minimum atomic E-state index is 0.0657. The van der Waals surface area contributed by atoms with Crippen LogP contribution < -0.4 is 0 Å². The van der Waals surface area contributed by atoms with Crippen molar-refractivity contribution in [3.63, 3.8) is 0 Å². The summed E-state index contributed by atoms with van der Waals surface area (Å²) in [7, 11) is 0. The molecule has 1 fully saturated rings. The van der Waals surface area contributed by atoms with Crippen LogP contribution >= 0.6 is 0 Å². The van der Waals surface area contributed by atoms with Crippen LogP contribution in [-0.4, -0.2) is 49.2 Å². The lowest BCUT2D eigenvalue weighted by Gasteiger charge is -2.37. The number of hydrogen-bond acceptors (Lipinski definition) is 8. The highest BCUT2D eigenvalue weighted by molar-refractivity contribution is 5.77. The molecule has 1 aliphatic rings. The molecule has 9 heteroatoms. The quantitative estimate of drug-likeness (QED) is 0.680. The number of hydrogen-bond donors (Lipinski definition) is 0. The molecule has 0 radical (unpaired) electrons. The van der Waals surface area contributed by atoms with Crippen molar-refractivity contribution in [2.45, 2.75) is 32.6 Å². The molecule has 1 saturated heterocycles. The minimum Gasteiger partial charge on any atom is -0.361 e. The van der Waals surface area contributed by atoms with Crippen LogP contribution in [0.15, 0.2) is 27.6 Å². The van der Waals surface area contributed by atoms with E-state index in [1.165, 1.54) is 0 Å². The third-order valence-electron chi connectivity index (χ3n) is 4.59. The Bertz CT molecular complexity index is 894. The van der Waals surface area contributed by atoms with Gasteiger partial charge in [-0.2, -0.15) is 4.98 Å². The van der Waals surface area contributed by atoms with E-state index in [9.17, 15) is 4.79 Å². The van der Waals surface area contributed by atoms with Gasteiger partial charge in [0.05, 0.1) is 17.8 Å². The van der Waals surface area contributed by atoms with Crippen molar-refractivity contribution in [1.29, 1.82) is 0 Å². The van der Waals surface area contributed by atoms with Crippen LogP contribution in [0.4, 0.5) is 0 Å². The zero-order chi connectivity index (χ0) is 18.1. The van der Waals surface area contributed by atoms with Gasteiger partial charge in [0.25, 0.3) is 0 Å². The van der Waals surface area contributed by atoms with E-state index in [0.717, 1.165) is 17.0 Å². The van der Waals surface area contributed by atoms with Gasteiger partial charge in [0.2, 0.25) is 17.6 Å². The molecule has 4 heterocycles. The van der Waals surface area contributed by atoms with Crippen LogP contribution in [0.25, 0.3) is 11.5 Å². The molecular weight excluding hydrogens is 336 g/mol. The third-order valence-corrected chi connectivity index (χ3v) is 4.59. The van der Waals surface area contributed by atoms with Crippen molar-refractivity contribution in [3.05, 3.63) is 41.5 Å². The van der Waals surface area contributed by atoms with E-state index in [0.29, 0.717) is 43.3 Å². The summed E-state index contributed by atoms with van der Waals surface area (Å²) in [5, 5.41) is 7.85. The van der Waals surface area contributed by atoms with Gasteiger partial charge in [0.15, 0.2) is 0 Å². The Balaban J connectivity index is 1.31. The predicted molar refractivity (Wildman–Crippen MR) is 88.9 cm³/mol. The number of carbonyl (C=O) groups excluding carboxylic acids is 1. The monoisotopic (exact) mass is 354 g/mol. The molecule has 0 saturated carbocycles. The topological polar surface area (TPSA) is 111 Å². The highest BCUT2D eigenvalue weighted by atomic mass is 16.5. The number of likely N-dealkylation sites (tertiary alicyclic amines) is 1. The van der Waals surface area contributed by atoms with Crippen LogP contribution in [-0.2, 0) is 11.2 Å². The first kappa shape index (κ1) is 16.4. The second-order valence-corrected chi connectivity index (χ2v) is 6.35. The molecule has 26 heavy (non-hydrogen) atoms. The van der Waals surface area contributed by atoms with Crippen molar-refractivity contribution in [2.75, 3.05) is 13.1 Å². The van der Waals surface area contributed by atoms with Gasteiger partial charge in [-0.1, -0.05) is 10.3 Å². The minimum absolute atomic E-state index is 0.0657. The second-order valence-electron chi connectivity index (χ2n) is 6.35. The zero-order valence-corrected chi connectivity index (χ0v) is 14.5. The summed E-state index contributed by atoms with van der Waals surface area (Å²) in [6.07, 6.45) is 5.82. The van der Waals surface area contributed by atoms with Gasteiger partial charge < -0.3 is 13.9 Å². The Labute approximate surface area is 149 Å². The summed E-state index contributed by atoms with van der Waals surface area (Å²) < 4.78 is 10.4. The van der Waals surface area contributed by atoms with E-state index in [1.54, 1.807) is 23.5 Å². The van der Waals surface area contributed by atoms with Crippen molar-refractivity contribution >= 4 is 5.91 Å². The van der Waals surface area contributed by atoms with Crippen LogP contribution in [0.1, 0.15) is 35.2 Å². The van der Waals surface area contributed by atoms with Gasteiger partial charge >= 0.3 is 0 Å². The largest absolute Gasteiger partial charge is 0.361 e. The smallest absolute Gasteiger partial charge is 0.233 e. The van der Waals surface area contributed by atoms with Crippen LogP contribution in [0.5, 0.6) is 0 Å². The molecule has 134 valence electrons. The summed E-state index contributed by atoms with van der Waals surface area (Å²) in [6, 6.07) is 0. The fourth-order valence-electron chi connectivity index (χ4n) is 3.01. The van der Waals surface area contributed by atoms with Gasteiger partial charge in [0.1, 0.15) is 11.5 Å². The average Bonchev–Trinajstić information content (AvgIpc) is 3.20. The first-order valence-corrected chi connectivity index (χ1v) is 8.41. The average molecular weight is 354 g/mol. The lowest BCUT2D eigenvalue weighted by molar-refractivity contribution is -0.135. The fourth-order valence-corrected chi connectivity index (χ4v) is 3.01. The van der Waals surface area contributed by atoms with Crippen LogP contribution in [0.3, 0.4) is 0 Å². The number of rotatable bonds is 5. The van der Waals surface area contributed by atoms with E-state index in [1.807, 2.05) is 13.8 Å². The summed E-state index contributed by atoms with van der Waals surface area (Å²) >= 11 is 0. The maximum atomic E-state index is 12.3. The molecule has 0 unspecified atom stereocenters. The molecular formula is C17H18N6O3. The van der Waals surface area contributed by atoms with Crippen LogP contribution in [0.2, 0.25) is 0 Å². The summed E-state index contributed by atoms with van der Waals surface area (Å²) in [5.74, 6) is 1.89. The molecule has 9 nitrogen and oxygen atoms in total. The lowest BCUT2D eigenvalue weighted by Crippen LogP contribution is -2.48. The predicted octanol–water partition coefficient (Wildman–Crippen LogP) is 1.69. The summed E-state index contributed by atoms with van der Waals surface area (Å²) in [4.78, 5) is 26.6. The van der Waals surface area contributed by atoms with Crippen LogP contribution in [0, 0.1) is 13.8 Å². The summed E-state index contributed by atoms with van der Waals surface area (Å²) in [5.41, 5.74) is 2.43. The molecule has 3 aromatic heterocycles. The molecule has 0 bridgehead atoms. The zero-order valence-electron chi connectivity index (χ0n) is 14.5. The normalized spacial score (nSPS) is 14.5. The van der Waals surface area contributed by atoms with Crippen molar-refractivity contribution in [2.24, 2.45) is 0 Å². The Morgan fingerprint density at radius 1 is 1.23 bits per heavy atom. The standard InChI is InChI=1S/C17H18N6O3/c1-10-13(11(2)25-21-10)3-4-15(24)23-8-12(9-23)17-20-16(22-26-17)14-7-18-5-6-19-14/h5-7,12H,3-4,8-9H2,1-2H3. The maximum Gasteiger partial charge on any atom is 0.233 e. The first-order valence-electron chi connectivity index (χ1n) is 8.41. The number of aryl methyl sites for hydroxylation is 2. The molecule has 1 amide bonds. The Morgan fingerprint density at radius 3 is 2.77 bits per heavy atom. The number of nitrogens with zero attached hydrogens (tertiary/aromatic N) is 6. The molecule has 0 aliphatic carbocycles. The van der Waals surface area contributed by atoms with E-state index < -0.39 is 0 Å². The van der Waals surface area contributed by atoms with Gasteiger partial charge in [0, 0.05) is 37.5 Å². The number of aromatic nitrogens is 5. The SMILES string of the molecule is Cc1noc(C)c1CCC(=O)N1CC(c2nc(-c3cnccn3)no2)C1. The lowest BCUT2D eigenvalue weighted by atomic mass is 9.98. The molecule has 0 spiro atoms. The molecule has 4 rings (SSSR count). The molecule has 0 N–H and O–H groups in total. The van der Waals surface area contributed by atoms with Crippen molar-refractivity contribution < 1.29 is 13.8 Å². The Morgan fingerprint density at radius 2 is 2.08 bits per heavy atom.